The van der Waals surface area contributed by atoms with Crippen LogP contribution in [0.25, 0.3) is 0 Å². The molecule has 0 bridgehead atoms. The van der Waals surface area contributed by atoms with E-state index in [1.165, 1.54) is 6.08 Å². The zero-order valence-electron chi connectivity index (χ0n) is 5.06. The van der Waals surface area contributed by atoms with Crippen molar-refractivity contribution in [1.82, 2.24) is 0 Å². The molecule has 48 valence electrons. The van der Waals surface area contributed by atoms with E-state index >= 15 is 0 Å². The Morgan fingerprint density at radius 1 is 1.50 bits per heavy atom. The lowest BCUT2D eigenvalue weighted by molar-refractivity contribution is 0.177. The van der Waals surface area contributed by atoms with Crippen LogP contribution in [0.1, 0.15) is 6.92 Å². The predicted octanol–water partition coefficient (Wildman–Crippen LogP) is 1.55. The molecule has 0 heterocycles. The summed E-state index contributed by atoms with van der Waals surface area (Å²) >= 11 is 0. The minimum atomic E-state index is -0.396. The zero-order chi connectivity index (χ0) is 6.24. The Hall–Kier alpha value is -0.370. The Morgan fingerprint density at radius 2 is 2.25 bits per heavy atom. The summed E-state index contributed by atoms with van der Waals surface area (Å²) in [5, 5.41) is 0. The second-order valence-corrected chi connectivity index (χ2v) is 1.29. The Bertz CT molecular complexity index is 61.5. The first-order valence-corrected chi connectivity index (χ1v) is 2.70. The highest BCUT2D eigenvalue weighted by Crippen LogP contribution is 1.76. The van der Waals surface area contributed by atoms with Crippen molar-refractivity contribution in [3.05, 3.63) is 12.2 Å². The molecule has 0 N–H and O–H groups in total. The molecular formula is C6H11FO. The molecule has 8 heavy (non-hydrogen) atoms. The van der Waals surface area contributed by atoms with Crippen LogP contribution < -0.4 is 0 Å². The lowest BCUT2D eigenvalue weighted by atomic mass is 10.5. The molecule has 0 atom stereocenters. The van der Waals surface area contributed by atoms with Gasteiger partial charge < -0.3 is 4.74 Å². The second kappa shape index (κ2) is 6.63. The molecule has 0 aliphatic carbocycles. The molecular weight excluding hydrogens is 107 g/mol. The van der Waals surface area contributed by atoms with Gasteiger partial charge in [0.05, 0.1) is 6.61 Å². The van der Waals surface area contributed by atoms with Crippen LogP contribution in [-0.2, 0) is 4.74 Å². The topological polar surface area (TPSA) is 9.23 Å². The van der Waals surface area contributed by atoms with Crippen molar-refractivity contribution < 1.29 is 9.13 Å². The zero-order valence-corrected chi connectivity index (χ0v) is 5.06. The van der Waals surface area contributed by atoms with E-state index in [0.717, 1.165) is 0 Å². The first-order valence-electron chi connectivity index (χ1n) is 2.70. The SMILES string of the molecule is CCOCC=CCF. The fraction of sp³-hybridized carbons (Fsp3) is 0.667. The number of allylic oxidation sites excluding steroid dienone is 1. The minimum Gasteiger partial charge on any atom is -0.378 e. The number of alkyl halides is 1. The highest BCUT2D eigenvalue weighted by molar-refractivity contribution is 4.80. The largest absolute Gasteiger partial charge is 0.378 e. The van der Waals surface area contributed by atoms with Crippen molar-refractivity contribution in [2.24, 2.45) is 0 Å². The summed E-state index contributed by atoms with van der Waals surface area (Å²) in [5.41, 5.74) is 0. The monoisotopic (exact) mass is 118 g/mol. The quantitative estimate of drug-likeness (QED) is 0.402. The summed E-state index contributed by atoms with van der Waals surface area (Å²) < 4.78 is 16.2. The van der Waals surface area contributed by atoms with E-state index in [-0.39, 0.29) is 0 Å². The van der Waals surface area contributed by atoms with Crippen molar-refractivity contribution in [2.45, 2.75) is 6.92 Å². The van der Waals surface area contributed by atoms with Crippen LogP contribution in [0.15, 0.2) is 12.2 Å². The van der Waals surface area contributed by atoms with Crippen LogP contribution in [-0.4, -0.2) is 19.9 Å². The van der Waals surface area contributed by atoms with Gasteiger partial charge in [-0.25, -0.2) is 4.39 Å². The van der Waals surface area contributed by atoms with Crippen LogP contribution in [0.4, 0.5) is 4.39 Å². The van der Waals surface area contributed by atoms with Gasteiger partial charge in [-0.05, 0) is 6.92 Å². The molecule has 1 nitrogen and oxygen atoms in total. The Morgan fingerprint density at radius 3 is 2.75 bits per heavy atom. The van der Waals surface area contributed by atoms with E-state index < -0.39 is 6.67 Å². The molecule has 0 saturated carbocycles. The smallest absolute Gasteiger partial charge is 0.108 e. The maximum atomic E-state index is 11.3. The Labute approximate surface area is 49.2 Å². The van der Waals surface area contributed by atoms with Crippen LogP contribution in [0.2, 0.25) is 0 Å². The average molecular weight is 118 g/mol. The minimum absolute atomic E-state index is 0.396. The van der Waals surface area contributed by atoms with E-state index in [4.69, 9.17) is 4.74 Å². The molecule has 0 aromatic heterocycles. The predicted molar refractivity (Wildman–Crippen MR) is 31.6 cm³/mol. The summed E-state index contributed by atoms with van der Waals surface area (Å²) in [6, 6.07) is 0. The van der Waals surface area contributed by atoms with Crippen molar-refractivity contribution in [2.75, 3.05) is 19.9 Å². The number of halogens is 1. The summed E-state index contributed by atoms with van der Waals surface area (Å²) in [6.45, 7) is 2.73. The highest BCUT2D eigenvalue weighted by atomic mass is 19.1. The van der Waals surface area contributed by atoms with Crippen molar-refractivity contribution >= 4 is 0 Å². The number of ether oxygens (including phenoxy) is 1. The van der Waals surface area contributed by atoms with Gasteiger partial charge in [0.15, 0.2) is 0 Å². The maximum Gasteiger partial charge on any atom is 0.108 e. The van der Waals surface area contributed by atoms with E-state index in [2.05, 4.69) is 0 Å². The van der Waals surface area contributed by atoms with E-state index in [1.807, 2.05) is 6.92 Å². The molecule has 0 unspecified atom stereocenters. The third kappa shape index (κ3) is 5.63. The standard InChI is InChI=1S/C6H11FO/c1-2-8-6-4-3-5-7/h3-4H,2,5-6H2,1H3. The Kier molecular flexibility index (Phi) is 6.32. The van der Waals surface area contributed by atoms with Gasteiger partial charge in [0.25, 0.3) is 0 Å². The van der Waals surface area contributed by atoms with Crippen LogP contribution in [0.3, 0.4) is 0 Å². The van der Waals surface area contributed by atoms with Gasteiger partial charge >= 0.3 is 0 Å². The Balaban J connectivity index is 2.80. The van der Waals surface area contributed by atoms with E-state index in [9.17, 15) is 4.39 Å². The van der Waals surface area contributed by atoms with Gasteiger partial charge in [-0.3, -0.25) is 0 Å². The molecule has 2 heteroatoms. The molecule has 0 aliphatic rings. The van der Waals surface area contributed by atoms with Gasteiger partial charge in [-0.15, -0.1) is 0 Å². The molecule has 0 aliphatic heterocycles. The van der Waals surface area contributed by atoms with Gasteiger partial charge in [-0.2, -0.15) is 0 Å². The number of hydrogen-bond acceptors (Lipinski definition) is 1. The van der Waals surface area contributed by atoms with E-state index in [0.29, 0.717) is 13.2 Å². The van der Waals surface area contributed by atoms with Crippen molar-refractivity contribution in [1.29, 1.82) is 0 Å². The lowest BCUT2D eigenvalue weighted by Gasteiger charge is -1.90. The number of hydrogen-bond donors (Lipinski definition) is 0. The number of rotatable bonds is 4. The van der Waals surface area contributed by atoms with Crippen molar-refractivity contribution in [3.63, 3.8) is 0 Å². The fourth-order valence-corrected chi connectivity index (χ4v) is 0.317. The third-order valence-corrected chi connectivity index (χ3v) is 0.674. The first-order chi connectivity index (χ1) is 3.91. The van der Waals surface area contributed by atoms with E-state index in [1.54, 1.807) is 6.08 Å². The summed E-state index contributed by atoms with van der Waals surface area (Å²) in [4.78, 5) is 0. The van der Waals surface area contributed by atoms with Gasteiger partial charge in [-0.1, -0.05) is 12.2 Å². The first kappa shape index (κ1) is 7.63. The lowest BCUT2D eigenvalue weighted by Crippen LogP contribution is -1.87. The van der Waals surface area contributed by atoms with Crippen LogP contribution in [0, 0.1) is 0 Å². The molecule has 0 aromatic carbocycles. The average Bonchev–Trinajstić information content (AvgIpc) is 1.81. The normalized spacial score (nSPS) is 10.8. The maximum absolute atomic E-state index is 11.3. The fourth-order valence-electron chi connectivity index (χ4n) is 0.317. The highest BCUT2D eigenvalue weighted by Gasteiger charge is 1.73. The molecule has 0 rings (SSSR count). The molecule has 0 amide bonds. The molecule has 0 aromatic rings. The molecule has 0 spiro atoms. The van der Waals surface area contributed by atoms with Crippen LogP contribution in [0.5, 0.6) is 0 Å². The van der Waals surface area contributed by atoms with Crippen molar-refractivity contribution in [3.8, 4) is 0 Å². The third-order valence-electron chi connectivity index (χ3n) is 0.674. The second-order valence-electron chi connectivity index (χ2n) is 1.29. The van der Waals surface area contributed by atoms with Gasteiger partial charge in [0.2, 0.25) is 0 Å². The molecule has 0 fully saturated rings. The summed E-state index contributed by atoms with van der Waals surface area (Å²) in [6.07, 6.45) is 3.11. The summed E-state index contributed by atoms with van der Waals surface area (Å²) in [7, 11) is 0. The molecule has 0 saturated heterocycles. The van der Waals surface area contributed by atoms with Gasteiger partial charge in [0, 0.05) is 6.61 Å². The molecule has 0 radical (unpaired) electrons. The van der Waals surface area contributed by atoms with Gasteiger partial charge in [0.1, 0.15) is 6.67 Å². The summed E-state index contributed by atoms with van der Waals surface area (Å²) in [5.74, 6) is 0. The van der Waals surface area contributed by atoms with Crippen LogP contribution >= 0.6 is 0 Å².